The molecule has 1 aliphatic heterocycles. The smallest absolute Gasteiger partial charge is 0.308 e. The maximum absolute atomic E-state index is 11.5. The van der Waals surface area contributed by atoms with Gasteiger partial charge in [-0.15, -0.1) is 30.6 Å². The molecule has 0 aromatic carbocycles. The van der Waals surface area contributed by atoms with Crippen molar-refractivity contribution >= 4 is 47.7 Å². The standard InChI is InChI=1S/C14H25N3O2S.HI/c1-4-10-20-11-7-16-14(15-2)17-8-5-12(6-9-17)13(18)19-3;/h4,12H,1,5-11H2,2-3H3,(H,15,16);1H. The lowest BCUT2D eigenvalue weighted by Crippen LogP contribution is -2.47. The Kier molecular flexibility index (Phi) is 11.9. The van der Waals surface area contributed by atoms with Crippen molar-refractivity contribution in [3.8, 4) is 0 Å². The third kappa shape index (κ3) is 7.39. The van der Waals surface area contributed by atoms with E-state index in [1.54, 1.807) is 7.05 Å². The molecule has 1 aliphatic rings. The lowest BCUT2D eigenvalue weighted by molar-refractivity contribution is -0.146. The van der Waals surface area contributed by atoms with Gasteiger partial charge in [0.1, 0.15) is 0 Å². The number of nitrogens with one attached hydrogen (secondary N) is 1. The number of rotatable bonds is 6. The second kappa shape index (κ2) is 12.1. The van der Waals surface area contributed by atoms with E-state index in [1.165, 1.54) is 7.11 Å². The van der Waals surface area contributed by atoms with E-state index in [0.717, 1.165) is 49.9 Å². The van der Waals surface area contributed by atoms with Crippen LogP contribution >= 0.6 is 35.7 Å². The van der Waals surface area contributed by atoms with Crippen molar-refractivity contribution in [2.24, 2.45) is 10.9 Å². The molecule has 0 bridgehead atoms. The zero-order valence-corrected chi connectivity index (χ0v) is 16.0. The molecular formula is C14H26IN3O2S. The summed E-state index contributed by atoms with van der Waals surface area (Å²) in [5.74, 6) is 2.88. The van der Waals surface area contributed by atoms with Crippen LogP contribution in [0.3, 0.4) is 0 Å². The zero-order valence-electron chi connectivity index (χ0n) is 12.8. The number of guanidine groups is 1. The molecule has 0 aliphatic carbocycles. The van der Waals surface area contributed by atoms with E-state index in [4.69, 9.17) is 4.74 Å². The number of halogens is 1. The molecular weight excluding hydrogens is 401 g/mol. The number of aliphatic imine (C=N–C) groups is 1. The van der Waals surface area contributed by atoms with Crippen molar-refractivity contribution in [1.82, 2.24) is 10.2 Å². The summed E-state index contributed by atoms with van der Waals surface area (Å²) in [7, 11) is 3.25. The summed E-state index contributed by atoms with van der Waals surface area (Å²) < 4.78 is 4.80. The van der Waals surface area contributed by atoms with Crippen LogP contribution in [-0.2, 0) is 9.53 Å². The fourth-order valence-electron chi connectivity index (χ4n) is 2.23. The average Bonchev–Trinajstić information content (AvgIpc) is 2.50. The molecule has 1 heterocycles. The SMILES string of the molecule is C=CCSCCNC(=NC)N1CCC(C(=O)OC)CC1.I. The quantitative estimate of drug-likeness (QED) is 0.176. The Morgan fingerprint density at radius 1 is 1.52 bits per heavy atom. The monoisotopic (exact) mass is 427 g/mol. The van der Waals surface area contributed by atoms with Gasteiger partial charge >= 0.3 is 5.97 Å². The van der Waals surface area contributed by atoms with E-state index in [0.29, 0.717) is 0 Å². The summed E-state index contributed by atoms with van der Waals surface area (Å²) in [5, 5.41) is 3.36. The van der Waals surface area contributed by atoms with Crippen LogP contribution in [0.5, 0.6) is 0 Å². The first kappa shape index (κ1) is 20.6. The lowest BCUT2D eigenvalue weighted by atomic mass is 9.97. The van der Waals surface area contributed by atoms with Gasteiger partial charge in [0, 0.05) is 38.2 Å². The van der Waals surface area contributed by atoms with Crippen LogP contribution in [0.15, 0.2) is 17.6 Å². The number of esters is 1. The number of likely N-dealkylation sites (tertiary alicyclic amines) is 1. The average molecular weight is 427 g/mol. The third-order valence-corrected chi connectivity index (χ3v) is 4.27. The summed E-state index contributed by atoms with van der Waals surface area (Å²) >= 11 is 1.84. The van der Waals surface area contributed by atoms with E-state index in [-0.39, 0.29) is 35.9 Å². The minimum absolute atomic E-state index is 0. The molecule has 21 heavy (non-hydrogen) atoms. The van der Waals surface area contributed by atoms with Gasteiger partial charge in [-0.25, -0.2) is 0 Å². The normalized spacial score (nSPS) is 16.1. The first-order valence-corrected chi connectivity index (χ1v) is 8.10. The van der Waals surface area contributed by atoms with Crippen molar-refractivity contribution in [1.29, 1.82) is 0 Å². The maximum Gasteiger partial charge on any atom is 0.308 e. The van der Waals surface area contributed by atoms with Gasteiger partial charge in [0.05, 0.1) is 13.0 Å². The van der Waals surface area contributed by atoms with Gasteiger partial charge in [-0.3, -0.25) is 9.79 Å². The number of carbonyl (C=O) groups excluding carboxylic acids is 1. The number of carbonyl (C=O) groups is 1. The van der Waals surface area contributed by atoms with E-state index in [9.17, 15) is 4.79 Å². The predicted octanol–water partition coefficient (Wildman–Crippen LogP) is 1.98. The van der Waals surface area contributed by atoms with Crippen molar-refractivity contribution in [2.75, 3.05) is 45.3 Å². The summed E-state index contributed by atoms with van der Waals surface area (Å²) in [4.78, 5) is 18.0. The number of ether oxygens (including phenoxy) is 1. The molecule has 5 nitrogen and oxygen atoms in total. The molecule has 1 fully saturated rings. The molecule has 1 saturated heterocycles. The Labute approximate surface area is 149 Å². The second-order valence-electron chi connectivity index (χ2n) is 4.62. The molecule has 7 heteroatoms. The highest BCUT2D eigenvalue weighted by atomic mass is 127. The molecule has 0 radical (unpaired) electrons. The highest BCUT2D eigenvalue weighted by Gasteiger charge is 2.26. The van der Waals surface area contributed by atoms with E-state index in [1.807, 2.05) is 17.8 Å². The predicted molar refractivity (Wildman–Crippen MR) is 101 cm³/mol. The van der Waals surface area contributed by atoms with E-state index < -0.39 is 0 Å². The second-order valence-corrected chi connectivity index (χ2v) is 5.77. The van der Waals surface area contributed by atoms with Crippen molar-refractivity contribution in [3.05, 3.63) is 12.7 Å². The molecule has 0 amide bonds. The lowest BCUT2D eigenvalue weighted by Gasteiger charge is -2.33. The highest BCUT2D eigenvalue weighted by Crippen LogP contribution is 2.18. The summed E-state index contributed by atoms with van der Waals surface area (Å²) in [6.45, 7) is 6.28. The van der Waals surface area contributed by atoms with Crippen LogP contribution in [0.25, 0.3) is 0 Å². The Morgan fingerprint density at radius 3 is 2.71 bits per heavy atom. The van der Waals surface area contributed by atoms with Gasteiger partial charge in [0.2, 0.25) is 0 Å². The Balaban J connectivity index is 0.00000400. The summed E-state index contributed by atoms with van der Waals surface area (Å²) in [6.07, 6.45) is 3.58. The van der Waals surface area contributed by atoms with Crippen LogP contribution in [0.4, 0.5) is 0 Å². The number of nitrogens with zero attached hydrogens (tertiary/aromatic N) is 2. The van der Waals surface area contributed by atoms with Crippen LogP contribution < -0.4 is 5.32 Å². The Bertz CT molecular complexity index is 345. The molecule has 1 rings (SSSR count). The Morgan fingerprint density at radius 2 is 2.19 bits per heavy atom. The minimum Gasteiger partial charge on any atom is -0.469 e. The molecule has 0 unspecified atom stereocenters. The molecule has 1 N–H and O–H groups in total. The van der Waals surface area contributed by atoms with Crippen molar-refractivity contribution < 1.29 is 9.53 Å². The van der Waals surface area contributed by atoms with Gasteiger partial charge in [0.15, 0.2) is 5.96 Å². The molecule has 0 aromatic rings. The van der Waals surface area contributed by atoms with Gasteiger partial charge in [-0.1, -0.05) is 6.08 Å². The summed E-state index contributed by atoms with van der Waals surface area (Å²) in [6, 6.07) is 0. The fourth-order valence-corrected chi connectivity index (χ4v) is 2.81. The first-order valence-electron chi connectivity index (χ1n) is 6.95. The molecule has 0 aromatic heterocycles. The van der Waals surface area contributed by atoms with E-state index in [2.05, 4.69) is 21.8 Å². The minimum atomic E-state index is -0.0894. The van der Waals surface area contributed by atoms with Gasteiger partial charge < -0.3 is 15.0 Å². The van der Waals surface area contributed by atoms with Crippen molar-refractivity contribution in [2.45, 2.75) is 12.8 Å². The molecule has 0 atom stereocenters. The fraction of sp³-hybridized carbons (Fsp3) is 0.714. The van der Waals surface area contributed by atoms with Gasteiger partial charge in [0.25, 0.3) is 0 Å². The molecule has 0 spiro atoms. The number of piperidine rings is 1. The number of thioether (sulfide) groups is 1. The number of methoxy groups -OCH3 is 1. The Hall–Kier alpha value is -0.440. The van der Waals surface area contributed by atoms with Crippen LogP contribution in [0, 0.1) is 5.92 Å². The first-order chi connectivity index (χ1) is 9.72. The largest absolute Gasteiger partial charge is 0.469 e. The third-order valence-electron chi connectivity index (χ3n) is 3.31. The summed E-state index contributed by atoms with van der Waals surface area (Å²) in [5.41, 5.74) is 0. The van der Waals surface area contributed by atoms with E-state index >= 15 is 0 Å². The topological polar surface area (TPSA) is 53.9 Å². The van der Waals surface area contributed by atoms with Crippen LogP contribution in [0.1, 0.15) is 12.8 Å². The van der Waals surface area contributed by atoms with Crippen molar-refractivity contribution in [3.63, 3.8) is 0 Å². The van der Waals surface area contributed by atoms with Gasteiger partial charge in [-0.05, 0) is 12.8 Å². The number of hydrogen-bond acceptors (Lipinski definition) is 4. The molecule has 122 valence electrons. The van der Waals surface area contributed by atoms with Crippen LogP contribution in [0.2, 0.25) is 0 Å². The maximum atomic E-state index is 11.5. The zero-order chi connectivity index (χ0) is 14.8. The number of hydrogen-bond donors (Lipinski definition) is 1. The molecule has 0 saturated carbocycles. The van der Waals surface area contributed by atoms with Gasteiger partial charge in [-0.2, -0.15) is 11.8 Å². The highest BCUT2D eigenvalue weighted by molar-refractivity contribution is 14.0. The van der Waals surface area contributed by atoms with Crippen LogP contribution in [-0.4, -0.2) is 62.1 Å².